The number of amides is 1. The van der Waals surface area contributed by atoms with Crippen molar-refractivity contribution in [2.24, 2.45) is 0 Å². The molecule has 0 radical (unpaired) electrons. The van der Waals surface area contributed by atoms with Crippen LogP contribution in [0.3, 0.4) is 0 Å². The zero-order valence-corrected chi connectivity index (χ0v) is 14.6. The van der Waals surface area contributed by atoms with Crippen LogP contribution in [0.25, 0.3) is 0 Å². The van der Waals surface area contributed by atoms with Gasteiger partial charge in [0.15, 0.2) is 0 Å². The molecule has 0 aliphatic rings. The van der Waals surface area contributed by atoms with Gasteiger partial charge in [-0.1, -0.05) is 27.5 Å². The van der Waals surface area contributed by atoms with Crippen molar-refractivity contribution in [2.75, 3.05) is 0 Å². The monoisotopic (exact) mass is 467 g/mol. The van der Waals surface area contributed by atoms with Crippen LogP contribution in [0, 0.1) is 9.39 Å². The third-order valence-electron chi connectivity index (χ3n) is 2.63. The Morgan fingerprint density at radius 3 is 2.75 bits per heavy atom. The number of benzene rings is 2. The summed E-state index contributed by atoms with van der Waals surface area (Å²) in [4.78, 5) is 12.0. The second-order valence-electron chi connectivity index (χ2n) is 4.05. The van der Waals surface area contributed by atoms with E-state index in [-0.39, 0.29) is 18.3 Å². The smallest absolute Gasteiger partial charge is 0.251 e. The van der Waals surface area contributed by atoms with Crippen LogP contribution in [0.15, 0.2) is 40.9 Å². The quantitative estimate of drug-likeness (QED) is 0.646. The van der Waals surface area contributed by atoms with Crippen LogP contribution in [0.2, 0.25) is 5.02 Å². The van der Waals surface area contributed by atoms with Gasteiger partial charge >= 0.3 is 0 Å². The molecule has 20 heavy (non-hydrogen) atoms. The lowest BCUT2D eigenvalue weighted by atomic mass is 10.2. The first kappa shape index (κ1) is 15.7. The van der Waals surface area contributed by atoms with Gasteiger partial charge in [-0.05, 0) is 59.0 Å². The highest BCUT2D eigenvalue weighted by Crippen LogP contribution is 2.20. The molecule has 0 atom stereocenters. The minimum absolute atomic E-state index is 0.119. The van der Waals surface area contributed by atoms with E-state index in [9.17, 15) is 9.18 Å². The van der Waals surface area contributed by atoms with Crippen LogP contribution in [-0.4, -0.2) is 5.91 Å². The number of hydrogen-bond donors (Lipinski definition) is 1. The van der Waals surface area contributed by atoms with E-state index < -0.39 is 0 Å². The van der Waals surface area contributed by atoms with E-state index in [1.807, 2.05) is 0 Å². The van der Waals surface area contributed by atoms with E-state index in [1.54, 1.807) is 30.3 Å². The first-order valence-electron chi connectivity index (χ1n) is 5.64. The maximum atomic E-state index is 13.5. The molecule has 1 amide bonds. The summed E-state index contributed by atoms with van der Waals surface area (Å²) in [5.74, 6) is -0.642. The molecule has 2 rings (SSSR count). The van der Waals surface area contributed by atoms with Crippen LogP contribution in [0.4, 0.5) is 4.39 Å². The molecule has 0 spiro atoms. The molecule has 0 heterocycles. The molecule has 0 saturated heterocycles. The van der Waals surface area contributed by atoms with Crippen molar-refractivity contribution >= 4 is 56.0 Å². The predicted octanol–water partition coefficient (Wildman–Crippen LogP) is 4.78. The number of nitrogens with one attached hydrogen (secondary N) is 1. The molecule has 2 nitrogen and oxygen atoms in total. The molecule has 2 aromatic rings. The average molecular weight is 468 g/mol. The zero-order chi connectivity index (χ0) is 14.7. The second-order valence-corrected chi connectivity index (χ2v) is 6.53. The lowest BCUT2D eigenvalue weighted by molar-refractivity contribution is 0.0950. The van der Waals surface area contributed by atoms with Gasteiger partial charge in [0, 0.05) is 25.7 Å². The summed E-state index contributed by atoms with van der Waals surface area (Å²) >= 11 is 11.3. The Labute approximate surface area is 143 Å². The maximum absolute atomic E-state index is 13.5. The molecule has 0 aliphatic carbocycles. The standard InChI is InChI=1S/C14H9BrClFINO/c15-10-2-3-12(17)9(5-10)7-19-14(20)8-1-4-13(18)11(16)6-8/h1-6H,7H2,(H,19,20). The topological polar surface area (TPSA) is 29.1 Å². The van der Waals surface area contributed by atoms with E-state index in [1.165, 1.54) is 6.07 Å². The molecular formula is C14H9BrClFINO. The number of carbonyl (C=O) groups excluding carboxylic acids is 1. The van der Waals surface area contributed by atoms with Crippen LogP contribution in [0.1, 0.15) is 15.9 Å². The molecule has 0 fully saturated rings. The van der Waals surface area contributed by atoms with Crippen molar-refractivity contribution in [3.63, 3.8) is 0 Å². The first-order valence-corrected chi connectivity index (χ1v) is 7.89. The molecule has 1 N–H and O–H groups in total. The molecule has 0 bridgehead atoms. The number of halogens is 4. The van der Waals surface area contributed by atoms with Crippen LogP contribution < -0.4 is 5.32 Å². The van der Waals surface area contributed by atoms with Crippen LogP contribution >= 0.6 is 50.1 Å². The van der Waals surface area contributed by atoms with Gasteiger partial charge in [0.1, 0.15) is 5.82 Å². The van der Waals surface area contributed by atoms with Gasteiger partial charge in [0.05, 0.1) is 5.02 Å². The fraction of sp³-hybridized carbons (Fsp3) is 0.0714. The summed E-state index contributed by atoms with van der Waals surface area (Å²) in [5, 5.41) is 3.19. The SMILES string of the molecule is O=C(NCc1cc(Br)ccc1F)c1ccc(I)c(Cl)c1. The minimum atomic E-state index is -0.353. The summed E-state index contributed by atoms with van der Waals surface area (Å²) in [5.41, 5.74) is 0.871. The summed E-state index contributed by atoms with van der Waals surface area (Å²) in [7, 11) is 0. The number of hydrogen-bond acceptors (Lipinski definition) is 1. The van der Waals surface area contributed by atoms with Gasteiger partial charge in [0.2, 0.25) is 0 Å². The van der Waals surface area contributed by atoms with Crippen molar-refractivity contribution in [2.45, 2.75) is 6.54 Å². The third kappa shape index (κ3) is 3.93. The van der Waals surface area contributed by atoms with Gasteiger partial charge in [0.25, 0.3) is 5.91 Å². The Bertz CT molecular complexity index is 666. The van der Waals surface area contributed by atoms with Crippen molar-refractivity contribution in [1.82, 2.24) is 5.32 Å². The summed E-state index contributed by atoms with van der Waals surface area (Å²) in [6.45, 7) is 0.119. The fourth-order valence-electron chi connectivity index (χ4n) is 1.59. The molecule has 0 saturated carbocycles. The van der Waals surface area contributed by atoms with Gasteiger partial charge in [-0.3, -0.25) is 4.79 Å². The van der Waals surface area contributed by atoms with E-state index in [4.69, 9.17) is 11.6 Å². The van der Waals surface area contributed by atoms with Gasteiger partial charge in [-0.15, -0.1) is 0 Å². The highest BCUT2D eigenvalue weighted by molar-refractivity contribution is 14.1. The molecule has 0 unspecified atom stereocenters. The highest BCUT2D eigenvalue weighted by atomic mass is 127. The number of carbonyl (C=O) groups is 1. The summed E-state index contributed by atoms with van der Waals surface area (Å²) in [6.07, 6.45) is 0. The van der Waals surface area contributed by atoms with Crippen molar-refractivity contribution in [3.05, 3.63) is 66.4 Å². The van der Waals surface area contributed by atoms with Gasteiger partial charge in [-0.25, -0.2) is 4.39 Å². The Morgan fingerprint density at radius 1 is 1.30 bits per heavy atom. The lowest BCUT2D eigenvalue weighted by Gasteiger charge is -2.07. The molecule has 2 aromatic carbocycles. The zero-order valence-electron chi connectivity index (χ0n) is 10.1. The normalized spacial score (nSPS) is 10.4. The Kier molecular flexibility index (Phi) is 5.40. The van der Waals surface area contributed by atoms with Crippen LogP contribution in [0.5, 0.6) is 0 Å². The van der Waals surface area contributed by atoms with E-state index >= 15 is 0 Å². The van der Waals surface area contributed by atoms with Gasteiger partial charge in [-0.2, -0.15) is 0 Å². The lowest BCUT2D eigenvalue weighted by Crippen LogP contribution is -2.23. The van der Waals surface area contributed by atoms with Crippen molar-refractivity contribution in [3.8, 4) is 0 Å². The third-order valence-corrected chi connectivity index (χ3v) is 4.69. The Hall–Kier alpha value is -0.660. The maximum Gasteiger partial charge on any atom is 0.251 e. The van der Waals surface area contributed by atoms with Gasteiger partial charge < -0.3 is 5.32 Å². The molecule has 104 valence electrons. The van der Waals surface area contributed by atoms with Crippen molar-refractivity contribution in [1.29, 1.82) is 0 Å². The van der Waals surface area contributed by atoms with E-state index in [0.29, 0.717) is 16.1 Å². The van der Waals surface area contributed by atoms with Crippen molar-refractivity contribution < 1.29 is 9.18 Å². The highest BCUT2D eigenvalue weighted by Gasteiger charge is 2.09. The molecule has 6 heteroatoms. The number of rotatable bonds is 3. The molecule has 0 aromatic heterocycles. The average Bonchev–Trinajstić information content (AvgIpc) is 2.42. The first-order chi connectivity index (χ1) is 9.47. The molecule has 0 aliphatic heterocycles. The van der Waals surface area contributed by atoms with E-state index in [0.717, 1.165) is 8.04 Å². The second kappa shape index (κ2) is 6.87. The Morgan fingerprint density at radius 2 is 2.05 bits per heavy atom. The summed E-state index contributed by atoms with van der Waals surface area (Å²) in [6, 6.07) is 9.64. The van der Waals surface area contributed by atoms with Crippen LogP contribution in [-0.2, 0) is 6.54 Å². The largest absolute Gasteiger partial charge is 0.348 e. The summed E-state index contributed by atoms with van der Waals surface area (Å²) < 4.78 is 15.2. The minimum Gasteiger partial charge on any atom is -0.348 e. The molecular weight excluding hydrogens is 459 g/mol. The Balaban J connectivity index is 2.08. The predicted molar refractivity (Wildman–Crippen MR) is 89.4 cm³/mol. The fourth-order valence-corrected chi connectivity index (χ4v) is 2.52. The van der Waals surface area contributed by atoms with E-state index in [2.05, 4.69) is 43.8 Å².